The Kier molecular flexibility index (Phi) is 3.22. The van der Waals surface area contributed by atoms with Gasteiger partial charge in [-0.1, -0.05) is 23.7 Å². The van der Waals surface area contributed by atoms with E-state index < -0.39 is 0 Å². The number of anilines is 1. The smallest absolute Gasteiger partial charge is 0.147 e. The fraction of sp³-hybridized carbons (Fsp3) is 0.316. The van der Waals surface area contributed by atoms with E-state index in [4.69, 9.17) is 21.8 Å². The summed E-state index contributed by atoms with van der Waals surface area (Å²) in [6.45, 7) is 1.72. The van der Waals surface area contributed by atoms with E-state index in [-0.39, 0.29) is 0 Å². The topological polar surface area (TPSA) is 57.7 Å². The van der Waals surface area contributed by atoms with Gasteiger partial charge in [-0.2, -0.15) is 5.26 Å². The van der Waals surface area contributed by atoms with Crippen LogP contribution in [0.2, 0.25) is 5.02 Å². The van der Waals surface area contributed by atoms with Crippen molar-refractivity contribution >= 4 is 28.5 Å². The standard InChI is InChI=1S/C19H16ClN5/c20-15-7-12(8-21)9-22-19(15)24-10-14(11-24)25-17-4-2-1-3-16(17)23-18(25)13-5-6-13/h1-4,7,9,13-14H,5-6,10-11H2. The lowest BCUT2D eigenvalue weighted by Gasteiger charge is -2.42. The molecular weight excluding hydrogens is 334 g/mol. The first kappa shape index (κ1) is 14.7. The normalized spacial score (nSPS) is 17.5. The minimum absolute atomic E-state index is 0.386. The number of fused-ring (bicyclic) bond motifs is 1. The molecule has 2 fully saturated rings. The quantitative estimate of drug-likeness (QED) is 0.719. The average Bonchev–Trinajstić information content (AvgIpc) is 3.37. The SMILES string of the molecule is N#Cc1cnc(N2CC(n3c(C4CC4)nc4ccccc43)C2)c(Cl)c1. The van der Waals surface area contributed by atoms with Crippen LogP contribution in [0.1, 0.15) is 36.2 Å². The molecule has 1 saturated carbocycles. The van der Waals surface area contributed by atoms with Crippen LogP contribution in [0.25, 0.3) is 11.0 Å². The first-order chi connectivity index (χ1) is 12.2. The Balaban J connectivity index is 1.45. The molecule has 1 aliphatic heterocycles. The van der Waals surface area contributed by atoms with Gasteiger partial charge in [0.1, 0.15) is 17.7 Å². The van der Waals surface area contributed by atoms with Crippen LogP contribution in [-0.2, 0) is 0 Å². The highest BCUT2D eigenvalue weighted by Crippen LogP contribution is 2.43. The molecular formula is C19H16ClN5. The molecule has 124 valence electrons. The molecule has 2 aliphatic rings. The number of rotatable bonds is 3. The lowest BCUT2D eigenvalue weighted by atomic mass is 10.1. The predicted octanol–water partition coefficient (Wildman–Crippen LogP) is 3.90. The van der Waals surface area contributed by atoms with Gasteiger partial charge in [-0.25, -0.2) is 9.97 Å². The fourth-order valence-electron chi connectivity index (χ4n) is 3.59. The Labute approximate surface area is 150 Å². The van der Waals surface area contributed by atoms with Gasteiger partial charge in [0.05, 0.1) is 27.7 Å². The predicted molar refractivity (Wildman–Crippen MR) is 96.9 cm³/mol. The fourth-order valence-corrected chi connectivity index (χ4v) is 3.88. The van der Waals surface area contributed by atoms with Crippen molar-refractivity contribution in [3.8, 4) is 6.07 Å². The number of aromatic nitrogens is 3. The van der Waals surface area contributed by atoms with Gasteiger partial charge >= 0.3 is 0 Å². The number of nitrogens with zero attached hydrogens (tertiary/aromatic N) is 5. The summed E-state index contributed by atoms with van der Waals surface area (Å²) in [5.41, 5.74) is 2.78. The molecule has 0 unspecified atom stereocenters. The maximum atomic E-state index is 8.95. The van der Waals surface area contributed by atoms with Crippen molar-refractivity contribution < 1.29 is 0 Å². The summed E-state index contributed by atoms with van der Waals surface area (Å²) < 4.78 is 2.42. The number of hydrogen-bond acceptors (Lipinski definition) is 4. The minimum Gasteiger partial charge on any atom is -0.351 e. The molecule has 2 aromatic heterocycles. The van der Waals surface area contributed by atoms with Crippen molar-refractivity contribution in [3.05, 3.63) is 52.9 Å². The molecule has 25 heavy (non-hydrogen) atoms. The summed E-state index contributed by atoms with van der Waals surface area (Å²) in [7, 11) is 0. The number of hydrogen-bond donors (Lipinski definition) is 0. The second-order valence-electron chi connectivity index (χ2n) is 6.80. The molecule has 0 amide bonds. The van der Waals surface area contributed by atoms with E-state index in [0.717, 1.165) is 24.4 Å². The third-order valence-electron chi connectivity index (χ3n) is 5.04. The van der Waals surface area contributed by atoms with E-state index in [1.54, 1.807) is 12.3 Å². The number of benzene rings is 1. The lowest BCUT2D eigenvalue weighted by Crippen LogP contribution is -2.48. The molecule has 5 rings (SSSR count). The minimum atomic E-state index is 0.386. The van der Waals surface area contributed by atoms with Crippen molar-refractivity contribution in [2.45, 2.75) is 24.8 Å². The molecule has 1 aromatic carbocycles. The second-order valence-corrected chi connectivity index (χ2v) is 7.21. The third kappa shape index (κ3) is 2.37. The zero-order valence-corrected chi connectivity index (χ0v) is 14.3. The van der Waals surface area contributed by atoms with Crippen LogP contribution in [0.4, 0.5) is 5.82 Å². The summed E-state index contributed by atoms with van der Waals surface area (Å²) in [5, 5.41) is 9.48. The van der Waals surface area contributed by atoms with Crippen LogP contribution < -0.4 is 4.90 Å². The molecule has 0 bridgehead atoms. The van der Waals surface area contributed by atoms with Crippen LogP contribution in [0.5, 0.6) is 0 Å². The molecule has 0 radical (unpaired) electrons. The Morgan fingerprint density at radius 3 is 2.72 bits per heavy atom. The van der Waals surface area contributed by atoms with Gasteiger partial charge in [0.15, 0.2) is 0 Å². The van der Waals surface area contributed by atoms with E-state index in [2.05, 4.69) is 38.7 Å². The van der Waals surface area contributed by atoms with Gasteiger partial charge in [-0.15, -0.1) is 0 Å². The molecule has 0 spiro atoms. The van der Waals surface area contributed by atoms with E-state index in [1.807, 2.05) is 6.07 Å². The summed E-state index contributed by atoms with van der Waals surface area (Å²) >= 11 is 6.30. The molecule has 1 saturated heterocycles. The van der Waals surface area contributed by atoms with Crippen molar-refractivity contribution in [1.82, 2.24) is 14.5 Å². The van der Waals surface area contributed by atoms with Gasteiger partial charge in [0.25, 0.3) is 0 Å². The van der Waals surface area contributed by atoms with E-state index >= 15 is 0 Å². The van der Waals surface area contributed by atoms with Gasteiger partial charge in [-0.3, -0.25) is 0 Å². The zero-order valence-electron chi connectivity index (χ0n) is 13.6. The van der Waals surface area contributed by atoms with Crippen LogP contribution in [-0.4, -0.2) is 27.6 Å². The molecule has 0 N–H and O–H groups in total. The Bertz CT molecular complexity index is 1010. The number of para-hydroxylation sites is 2. The number of imidazole rings is 1. The summed E-state index contributed by atoms with van der Waals surface area (Å²) in [4.78, 5) is 11.4. The van der Waals surface area contributed by atoms with E-state index in [1.165, 1.54) is 24.2 Å². The third-order valence-corrected chi connectivity index (χ3v) is 5.32. The Morgan fingerprint density at radius 1 is 1.20 bits per heavy atom. The van der Waals surface area contributed by atoms with Gasteiger partial charge in [0.2, 0.25) is 0 Å². The maximum Gasteiger partial charge on any atom is 0.147 e. The molecule has 1 aliphatic carbocycles. The largest absolute Gasteiger partial charge is 0.351 e. The monoisotopic (exact) mass is 349 g/mol. The first-order valence-corrected chi connectivity index (χ1v) is 8.90. The van der Waals surface area contributed by atoms with E-state index in [9.17, 15) is 0 Å². The average molecular weight is 350 g/mol. The molecule has 5 nitrogen and oxygen atoms in total. The Hall–Kier alpha value is -2.58. The maximum absolute atomic E-state index is 8.95. The zero-order chi connectivity index (χ0) is 17.0. The number of nitriles is 1. The van der Waals surface area contributed by atoms with Crippen molar-refractivity contribution in [1.29, 1.82) is 5.26 Å². The van der Waals surface area contributed by atoms with Crippen LogP contribution in [0.15, 0.2) is 36.5 Å². The van der Waals surface area contributed by atoms with Gasteiger partial charge in [-0.05, 0) is 31.0 Å². The molecule has 6 heteroatoms. The number of halogens is 1. The lowest BCUT2D eigenvalue weighted by molar-refractivity contribution is 0.395. The molecule has 0 atom stereocenters. The van der Waals surface area contributed by atoms with Crippen LogP contribution in [0, 0.1) is 11.3 Å². The molecule has 3 aromatic rings. The molecule has 3 heterocycles. The Morgan fingerprint density at radius 2 is 2.00 bits per heavy atom. The van der Waals surface area contributed by atoms with Crippen molar-refractivity contribution in [2.75, 3.05) is 18.0 Å². The van der Waals surface area contributed by atoms with Crippen LogP contribution >= 0.6 is 11.6 Å². The summed E-state index contributed by atoms with van der Waals surface area (Å²) in [6, 6.07) is 12.5. The summed E-state index contributed by atoms with van der Waals surface area (Å²) in [6.07, 6.45) is 4.06. The van der Waals surface area contributed by atoms with Crippen molar-refractivity contribution in [2.24, 2.45) is 0 Å². The highest BCUT2D eigenvalue weighted by atomic mass is 35.5. The van der Waals surface area contributed by atoms with Crippen LogP contribution in [0.3, 0.4) is 0 Å². The van der Waals surface area contributed by atoms with Gasteiger partial charge < -0.3 is 9.47 Å². The summed E-state index contributed by atoms with van der Waals surface area (Å²) in [5.74, 6) is 2.59. The van der Waals surface area contributed by atoms with Crippen molar-refractivity contribution in [3.63, 3.8) is 0 Å². The highest BCUT2D eigenvalue weighted by molar-refractivity contribution is 6.33. The first-order valence-electron chi connectivity index (χ1n) is 8.52. The van der Waals surface area contributed by atoms with Gasteiger partial charge in [0, 0.05) is 25.2 Å². The number of pyridine rings is 1. The highest BCUT2D eigenvalue weighted by Gasteiger charge is 2.37. The second kappa shape index (κ2) is 5.47. The van der Waals surface area contributed by atoms with E-state index in [0.29, 0.717) is 22.5 Å².